The Hall–Kier alpha value is -2.55. The molecule has 0 aliphatic carbocycles. The van der Waals surface area contributed by atoms with Gasteiger partial charge in [0.25, 0.3) is 5.91 Å². The first kappa shape index (κ1) is 24.1. The summed E-state index contributed by atoms with van der Waals surface area (Å²) in [5, 5.41) is 3.53. The number of thioether (sulfide) groups is 1. The van der Waals surface area contributed by atoms with Crippen molar-refractivity contribution in [3.05, 3.63) is 94.8 Å². The van der Waals surface area contributed by atoms with Crippen LogP contribution in [0.25, 0.3) is 0 Å². The first-order valence-corrected chi connectivity index (χ1v) is 12.9. The minimum atomic E-state index is -3.58. The molecular weight excluding hydrogens is 471 g/mol. The van der Waals surface area contributed by atoms with E-state index in [1.54, 1.807) is 36.0 Å². The van der Waals surface area contributed by atoms with E-state index >= 15 is 0 Å². The topological polar surface area (TPSA) is 66.5 Å². The van der Waals surface area contributed by atoms with E-state index in [1.807, 2.05) is 24.3 Å². The fraction of sp³-hybridized carbons (Fsp3) is 0.174. The minimum absolute atomic E-state index is 0.0621. The van der Waals surface area contributed by atoms with Crippen LogP contribution in [0, 0.1) is 5.82 Å². The van der Waals surface area contributed by atoms with Crippen molar-refractivity contribution >= 4 is 45.0 Å². The van der Waals surface area contributed by atoms with Gasteiger partial charge in [-0.25, -0.2) is 12.8 Å². The molecule has 0 fully saturated rings. The smallest absolute Gasteiger partial charge is 0.251 e. The number of hydrogen-bond donors (Lipinski definition) is 1. The third-order valence-corrected chi connectivity index (χ3v) is 6.93. The molecule has 0 heterocycles. The van der Waals surface area contributed by atoms with Crippen molar-refractivity contribution in [3.63, 3.8) is 0 Å². The molecule has 0 aliphatic heterocycles. The Morgan fingerprint density at radius 3 is 2.22 bits per heavy atom. The Bertz CT molecular complexity index is 1150. The molecule has 1 amide bonds. The number of benzene rings is 3. The Morgan fingerprint density at radius 1 is 1.00 bits per heavy atom. The lowest BCUT2D eigenvalue weighted by Gasteiger charge is -2.22. The molecular formula is C23H22ClFN2O3S2. The quantitative estimate of drug-likeness (QED) is 0.338. The Labute approximate surface area is 196 Å². The van der Waals surface area contributed by atoms with Crippen molar-refractivity contribution < 1.29 is 17.6 Å². The largest absolute Gasteiger partial charge is 0.351 e. The highest BCUT2D eigenvalue weighted by atomic mass is 35.5. The van der Waals surface area contributed by atoms with Crippen LogP contribution in [0.2, 0.25) is 5.02 Å². The van der Waals surface area contributed by atoms with Crippen LogP contribution in [0.3, 0.4) is 0 Å². The Balaban J connectivity index is 1.59. The van der Waals surface area contributed by atoms with Crippen LogP contribution in [-0.2, 0) is 16.6 Å². The third-order valence-electron chi connectivity index (χ3n) is 4.53. The molecule has 0 saturated carbocycles. The molecule has 0 bridgehead atoms. The average Bonchev–Trinajstić information content (AvgIpc) is 2.77. The normalized spacial score (nSPS) is 11.2. The van der Waals surface area contributed by atoms with Gasteiger partial charge in [-0.2, -0.15) is 0 Å². The van der Waals surface area contributed by atoms with Gasteiger partial charge in [0, 0.05) is 27.8 Å². The van der Waals surface area contributed by atoms with Crippen LogP contribution in [0.4, 0.5) is 10.1 Å². The number of nitrogens with zero attached hydrogens (tertiary/aromatic N) is 1. The van der Waals surface area contributed by atoms with Gasteiger partial charge in [0.1, 0.15) is 5.82 Å². The molecule has 3 aromatic rings. The summed E-state index contributed by atoms with van der Waals surface area (Å²) in [4.78, 5) is 13.5. The Morgan fingerprint density at radius 2 is 1.62 bits per heavy atom. The van der Waals surface area contributed by atoms with Gasteiger partial charge in [-0.05, 0) is 66.2 Å². The monoisotopic (exact) mass is 492 g/mol. The van der Waals surface area contributed by atoms with Crippen molar-refractivity contribution in [3.8, 4) is 0 Å². The fourth-order valence-electron chi connectivity index (χ4n) is 2.90. The summed E-state index contributed by atoms with van der Waals surface area (Å²) in [5.74, 6) is 0.0737. The van der Waals surface area contributed by atoms with Gasteiger partial charge < -0.3 is 5.32 Å². The first-order valence-electron chi connectivity index (χ1n) is 9.71. The van der Waals surface area contributed by atoms with Gasteiger partial charge in [0.15, 0.2) is 0 Å². The van der Waals surface area contributed by atoms with E-state index in [0.717, 1.165) is 11.2 Å². The number of carbonyl (C=O) groups excluding carboxylic acids is 1. The zero-order chi connectivity index (χ0) is 23.1. The molecule has 3 rings (SSSR count). The van der Waals surface area contributed by atoms with Gasteiger partial charge in [-0.15, -0.1) is 11.8 Å². The van der Waals surface area contributed by atoms with E-state index in [2.05, 4.69) is 5.32 Å². The Kier molecular flexibility index (Phi) is 8.17. The lowest BCUT2D eigenvalue weighted by atomic mass is 10.1. The maximum absolute atomic E-state index is 13.1. The van der Waals surface area contributed by atoms with Crippen molar-refractivity contribution in [1.29, 1.82) is 0 Å². The second-order valence-corrected chi connectivity index (χ2v) is 10.5. The number of hydrogen-bond acceptors (Lipinski definition) is 4. The SMILES string of the molecule is CS(=O)(=O)N(Cc1ccc(F)cc1)c1ccc(C(=O)NCCSc2ccc(Cl)cc2)cc1. The molecule has 168 valence electrons. The molecule has 0 unspecified atom stereocenters. The van der Waals surface area contributed by atoms with Crippen LogP contribution in [-0.4, -0.2) is 32.9 Å². The maximum Gasteiger partial charge on any atom is 0.251 e. The lowest BCUT2D eigenvalue weighted by Crippen LogP contribution is -2.29. The van der Waals surface area contributed by atoms with E-state index in [9.17, 15) is 17.6 Å². The molecule has 0 aliphatic rings. The highest BCUT2D eigenvalue weighted by Crippen LogP contribution is 2.22. The lowest BCUT2D eigenvalue weighted by molar-refractivity contribution is 0.0956. The number of amides is 1. The summed E-state index contributed by atoms with van der Waals surface area (Å²) in [6.45, 7) is 0.542. The van der Waals surface area contributed by atoms with Crippen LogP contribution < -0.4 is 9.62 Å². The maximum atomic E-state index is 13.1. The number of rotatable bonds is 9. The van der Waals surface area contributed by atoms with Crippen LogP contribution in [0.1, 0.15) is 15.9 Å². The standard InChI is InChI=1S/C23H22ClFN2O3S2/c1-32(29,30)27(16-17-2-8-20(25)9-3-17)21-10-4-18(5-11-21)23(28)26-14-15-31-22-12-6-19(24)7-13-22/h2-13H,14-16H2,1H3,(H,26,28). The zero-order valence-corrected chi connectivity index (χ0v) is 19.7. The summed E-state index contributed by atoms with van der Waals surface area (Å²) in [6.07, 6.45) is 1.11. The predicted octanol–water partition coefficient (Wildman–Crippen LogP) is 4.97. The summed E-state index contributed by atoms with van der Waals surface area (Å²) in [6, 6.07) is 19.5. The molecule has 0 atom stereocenters. The zero-order valence-electron chi connectivity index (χ0n) is 17.3. The number of anilines is 1. The van der Waals surface area contributed by atoms with E-state index in [0.29, 0.717) is 34.1 Å². The number of carbonyl (C=O) groups is 1. The number of sulfonamides is 1. The van der Waals surface area contributed by atoms with Gasteiger partial charge in [0.2, 0.25) is 10.0 Å². The van der Waals surface area contributed by atoms with Gasteiger partial charge in [-0.3, -0.25) is 9.10 Å². The van der Waals surface area contributed by atoms with E-state index in [-0.39, 0.29) is 18.3 Å². The number of halogens is 2. The molecule has 0 spiro atoms. The van der Waals surface area contributed by atoms with Crippen LogP contribution in [0.15, 0.2) is 77.7 Å². The molecule has 0 aromatic heterocycles. The molecule has 0 radical (unpaired) electrons. The third kappa shape index (κ3) is 6.98. The molecule has 3 aromatic carbocycles. The van der Waals surface area contributed by atoms with Crippen LogP contribution >= 0.6 is 23.4 Å². The summed E-state index contributed by atoms with van der Waals surface area (Å²) < 4.78 is 38.9. The summed E-state index contributed by atoms with van der Waals surface area (Å²) >= 11 is 7.47. The second kappa shape index (κ2) is 10.8. The van der Waals surface area contributed by atoms with Crippen molar-refractivity contribution in [2.75, 3.05) is 22.9 Å². The fourth-order valence-corrected chi connectivity index (χ4v) is 4.68. The highest BCUT2D eigenvalue weighted by molar-refractivity contribution is 7.99. The molecule has 9 heteroatoms. The van der Waals surface area contributed by atoms with Crippen molar-refractivity contribution in [1.82, 2.24) is 5.32 Å². The summed E-state index contributed by atoms with van der Waals surface area (Å²) in [5.41, 5.74) is 1.50. The highest BCUT2D eigenvalue weighted by Gasteiger charge is 2.18. The molecule has 1 N–H and O–H groups in total. The predicted molar refractivity (Wildman–Crippen MR) is 128 cm³/mol. The number of nitrogens with one attached hydrogen (secondary N) is 1. The minimum Gasteiger partial charge on any atom is -0.351 e. The van der Waals surface area contributed by atoms with Gasteiger partial charge >= 0.3 is 0 Å². The molecule has 5 nitrogen and oxygen atoms in total. The molecule has 32 heavy (non-hydrogen) atoms. The average molecular weight is 493 g/mol. The van der Waals surface area contributed by atoms with E-state index in [1.165, 1.54) is 28.6 Å². The molecule has 0 saturated heterocycles. The summed E-state index contributed by atoms with van der Waals surface area (Å²) in [7, 11) is -3.58. The van der Waals surface area contributed by atoms with Crippen molar-refractivity contribution in [2.45, 2.75) is 11.4 Å². The van der Waals surface area contributed by atoms with E-state index in [4.69, 9.17) is 11.6 Å². The first-order chi connectivity index (χ1) is 15.2. The van der Waals surface area contributed by atoms with Gasteiger partial charge in [0.05, 0.1) is 18.5 Å². The van der Waals surface area contributed by atoms with Gasteiger partial charge in [-0.1, -0.05) is 23.7 Å². The second-order valence-electron chi connectivity index (χ2n) is 7.00. The van der Waals surface area contributed by atoms with Crippen LogP contribution in [0.5, 0.6) is 0 Å². The van der Waals surface area contributed by atoms with Crippen molar-refractivity contribution in [2.24, 2.45) is 0 Å². The van der Waals surface area contributed by atoms with E-state index < -0.39 is 10.0 Å².